The molecule has 1 saturated heterocycles. The molecule has 0 atom stereocenters. The van der Waals surface area contributed by atoms with Gasteiger partial charge in [0.05, 0.1) is 13.7 Å². The molecule has 2 aromatic heterocycles. The predicted octanol–water partition coefficient (Wildman–Crippen LogP) is 1.38. The van der Waals surface area contributed by atoms with Crippen LogP contribution in [-0.2, 0) is 6.54 Å². The molecule has 0 saturated carbocycles. The Bertz CT molecular complexity index is 873. The summed E-state index contributed by atoms with van der Waals surface area (Å²) < 4.78 is 12.8. The number of aryl methyl sites for hydroxylation is 1. The van der Waals surface area contributed by atoms with Gasteiger partial charge in [-0.1, -0.05) is 0 Å². The highest BCUT2D eigenvalue weighted by Gasteiger charge is 2.24. The molecule has 0 aliphatic carbocycles. The number of hydrogen-bond acceptors (Lipinski definition) is 7. The SMILES string of the molecule is COc1nc(N2CCN(C)CC2)ccc1NC(=O)c1nn2c(c1C)OCCC2. The number of fused-ring (bicyclic) bond motifs is 1. The van der Waals surface area contributed by atoms with Crippen LogP contribution in [-0.4, -0.2) is 72.5 Å². The molecule has 0 aromatic carbocycles. The molecule has 150 valence electrons. The maximum Gasteiger partial charge on any atom is 0.276 e. The summed E-state index contributed by atoms with van der Waals surface area (Å²) in [6, 6.07) is 3.75. The number of nitrogens with one attached hydrogen (secondary N) is 1. The van der Waals surface area contributed by atoms with Crippen LogP contribution in [0.15, 0.2) is 12.1 Å². The van der Waals surface area contributed by atoms with Crippen LogP contribution in [0.2, 0.25) is 0 Å². The van der Waals surface area contributed by atoms with E-state index in [2.05, 4.69) is 32.2 Å². The topological polar surface area (TPSA) is 84.8 Å². The van der Waals surface area contributed by atoms with E-state index in [9.17, 15) is 4.79 Å². The second kappa shape index (κ2) is 7.67. The standard InChI is InChI=1S/C19H26N6O3/c1-13-16(22-25-7-4-12-28-19(13)25)17(26)20-14-5-6-15(21-18(14)27-3)24-10-8-23(2)9-11-24/h5-6H,4,7-12H2,1-3H3,(H,20,26). The van der Waals surface area contributed by atoms with Gasteiger partial charge in [-0.05, 0) is 26.1 Å². The van der Waals surface area contributed by atoms with E-state index < -0.39 is 0 Å². The second-order valence-corrected chi connectivity index (χ2v) is 7.17. The highest BCUT2D eigenvalue weighted by molar-refractivity contribution is 6.04. The van der Waals surface area contributed by atoms with Gasteiger partial charge in [-0.15, -0.1) is 0 Å². The number of aromatic nitrogens is 3. The van der Waals surface area contributed by atoms with Crippen molar-refractivity contribution in [3.63, 3.8) is 0 Å². The summed E-state index contributed by atoms with van der Waals surface area (Å²) in [5, 5.41) is 7.29. The lowest BCUT2D eigenvalue weighted by Gasteiger charge is -2.33. The van der Waals surface area contributed by atoms with Crippen LogP contribution in [0, 0.1) is 6.92 Å². The first-order valence-electron chi connectivity index (χ1n) is 9.57. The molecule has 28 heavy (non-hydrogen) atoms. The Morgan fingerprint density at radius 3 is 2.71 bits per heavy atom. The van der Waals surface area contributed by atoms with Crippen molar-refractivity contribution < 1.29 is 14.3 Å². The first-order valence-corrected chi connectivity index (χ1v) is 9.57. The smallest absolute Gasteiger partial charge is 0.276 e. The maximum atomic E-state index is 12.8. The van der Waals surface area contributed by atoms with Gasteiger partial charge >= 0.3 is 0 Å². The summed E-state index contributed by atoms with van der Waals surface area (Å²) in [4.78, 5) is 21.9. The van der Waals surface area contributed by atoms with Crippen molar-refractivity contribution in [2.75, 3.05) is 57.2 Å². The van der Waals surface area contributed by atoms with Gasteiger partial charge < -0.3 is 24.6 Å². The molecular weight excluding hydrogens is 360 g/mol. The number of pyridine rings is 1. The summed E-state index contributed by atoms with van der Waals surface area (Å²) in [5.74, 6) is 1.62. The van der Waals surface area contributed by atoms with Crippen LogP contribution in [0.3, 0.4) is 0 Å². The fourth-order valence-corrected chi connectivity index (χ4v) is 3.54. The molecule has 4 rings (SSSR count). The molecule has 2 aromatic rings. The Morgan fingerprint density at radius 2 is 2.00 bits per heavy atom. The Balaban J connectivity index is 1.53. The zero-order chi connectivity index (χ0) is 19.7. The second-order valence-electron chi connectivity index (χ2n) is 7.17. The largest absolute Gasteiger partial charge is 0.479 e. The van der Waals surface area contributed by atoms with E-state index >= 15 is 0 Å². The number of anilines is 2. The van der Waals surface area contributed by atoms with E-state index in [1.807, 2.05) is 19.1 Å². The molecule has 1 N–H and O–H groups in total. The molecule has 0 radical (unpaired) electrons. The van der Waals surface area contributed by atoms with Gasteiger partial charge in [0.15, 0.2) is 5.69 Å². The number of carbonyl (C=O) groups excluding carboxylic acids is 1. The van der Waals surface area contributed by atoms with Crippen LogP contribution < -0.4 is 19.7 Å². The van der Waals surface area contributed by atoms with Gasteiger partial charge in [0, 0.05) is 44.7 Å². The Morgan fingerprint density at radius 1 is 1.21 bits per heavy atom. The zero-order valence-corrected chi connectivity index (χ0v) is 16.6. The van der Waals surface area contributed by atoms with E-state index in [1.165, 1.54) is 0 Å². The summed E-state index contributed by atoms with van der Waals surface area (Å²) in [6.07, 6.45) is 0.890. The summed E-state index contributed by atoms with van der Waals surface area (Å²) in [5.41, 5.74) is 1.64. The summed E-state index contributed by atoms with van der Waals surface area (Å²) in [6.45, 7) is 7.08. The van der Waals surface area contributed by atoms with E-state index in [0.29, 0.717) is 29.7 Å². The van der Waals surface area contributed by atoms with Gasteiger partial charge in [-0.25, -0.2) is 4.68 Å². The van der Waals surface area contributed by atoms with Crippen molar-refractivity contribution >= 4 is 17.4 Å². The highest BCUT2D eigenvalue weighted by atomic mass is 16.5. The molecule has 1 fully saturated rings. The van der Waals surface area contributed by atoms with E-state index in [-0.39, 0.29) is 5.91 Å². The predicted molar refractivity (Wildman–Crippen MR) is 106 cm³/mol. The van der Waals surface area contributed by atoms with Crippen molar-refractivity contribution in [3.05, 3.63) is 23.4 Å². The third kappa shape index (κ3) is 3.49. The lowest BCUT2D eigenvalue weighted by Crippen LogP contribution is -2.44. The quantitative estimate of drug-likeness (QED) is 0.850. The number of carbonyl (C=O) groups is 1. The number of amides is 1. The normalized spacial score (nSPS) is 17.0. The van der Waals surface area contributed by atoms with Gasteiger partial charge in [0.1, 0.15) is 11.5 Å². The fraction of sp³-hybridized carbons (Fsp3) is 0.526. The van der Waals surface area contributed by atoms with E-state index in [0.717, 1.165) is 50.5 Å². The first-order chi connectivity index (χ1) is 13.6. The fourth-order valence-electron chi connectivity index (χ4n) is 3.54. The third-order valence-electron chi connectivity index (χ3n) is 5.21. The molecule has 2 aliphatic heterocycles. The van der Waals surface area contributed by atoms with Gasteiger partial charge in [-0.3, -0.25) is 4.79 Å². The number of piperazine rings is 1. The highest BCUT2D eigenvalue weighted by Crippen LogP contribution is 2.29. The van der Waals surface area contributed by atoms with Gasteiger partial charge in [0.25, 0.3) is 5.91 Å². The number of nitrogens with zero attached hydrogens (tertiary/aromatic N) is 5. The molecule has 0 bridgehead atoms. The van der Waals surface area contributed by atoms with E-state index in [1.54, 1.807) is 11.8 Å². The average molecular weight is 386 g/mol. The lowest BCUT2D eigenvalue weighted by atomic mass is 10.2. The molecule has 9 nitrogen and oxygen atoms in total. The Hall–Kier alpha value is -2.81. The first kappa shape index (κ1) is 18.5. The van der Waals surface area contributed by atoms with Crippen molar-refractivity contribution in [1.82, 2.24) is 19.7 Å². The third-order valence-corrected chi connectivity index (χ3v) is 5.21. The number of ether oxygens (including phenoxy) is 2. The van der Waals surface area contributed by atoms with Crippen molar-refractivity contribution in [1.29, 1.82) is 0 Å². The molecule has 0 unspecified atom stereocenters. The van der Waals surface area contributed by atoms with Crippen LogP contribution in [0.5, 0.6) is 11.8 Å². The van der Waals surface area contributed by atoms with Crippen LogP contribution in [0.25, 0.3) is 0 Å². The Kier molecular flexibility index (Phi) is 5.08. The van der Waals surface area contributed by atoms with Crippen molar-refractivity contribution in [2.24, 2.45) is 0 Å². The van der Waals surface area contributed by atoms with Gasteiger partial charge in [0.2, 0.25) is 11.8 Å². The molecule has 4 heterocycles. The Labute approximate surface area is 164 Å². The van der Waals surface area contributed by atoms with E-state index in [4.69, 9.17) is 9.47 Å². The molecule has 0 spiro atoms. The molecule has 2 aliphatic rings. The minimum Gasteiger partial charge on any atom is -0.479 e. The minimum atomic E-state index is -0.296. The number of hydrogen-bond donors (Lipinski definition) is 1. The van der Waals surface area contributed by atoms with Gasteiger partial charge in [-0.2, -0.15) is 10.1 Å². The monoisotopic (exact) mass is 386 g/mol. The van der Waals surface area contributed by atoms with Crippen molar-refractivity contribution in [3.8, 4) is 11.8 Å². The summed E-state index contributed by atoms with van der Waals surface area (Å²) in [7, 11) is 3.67. The van der Waals surface area contributed by atoms with Crippen LogP contribution >= 0.6 is 0 Å². The molecule has 9 heteroatoms. The van der Waals surface area contributed by atoms with Crippen LogP contribution in [0.1, 0.15) is 22.5 Å². The number of methoxy groups -OCH3 is 1. The lowest BCUT2D eigenvalue weighted by molar-refractivity contribution is 0.102. The number of likely N-dealkylation sites (N-methyl/N-ethyl adjacent to an activating group) is 1. The number of rotatable bonds is 4. The zero-order valence-electron chi connectivity index (χ0n) is 16.6. The van der Waals surface area contributed by atoms with Crippen LogP contribution in [0.4, 0.5) is 11.5 Å². The minimum absolute atomic E-state index is 0.296. The summed E-state index contributed by atoms with van der Waals surface area (Å²) >= 11 is 0. The molecule has 1 amide bonds. The molecular formula is C19H26N6O3. The van der Waals surface area contributed by atoms with Crippen molar-refractivity contribution in [2.45, 2.75) is 19.9 Å². The average Bonchev–Trinajstić information content (AvgIpc) is 3.06. The maximum absolute atomic E-state index is 12.8.